The maximum absolute atomic E-state index is 12.6. The van der Waals surface area contributed by atoms with Gasteiger partial charge in [-0.2, -0.15) is 0 Å². The van der Waals surface area contributed by atoms with Crippen LogP contribution in [0.4, 0.5) is 11.4 Å². The van der Waals surface area contributed by atoms with Crippen LogP contribution in [0.2, 0.25) is 0 Å². The number of carbonyl (C=O) groups excluding carboxylic acids is 3. The van der Waals surface area contributed by atoms with E-state index in [1.165, 1.54) is 11.8 Å². The molecular weight excluding hydrogens is 406 g/mol. The van der Waals surface area contributed by atoms with Gasteiger partial charge in [0.25, 0.3) is 0 Å². The minimum Gasteiger partial charge on any atom is -0.497 e. The number of benzene rings is 2. The second-order valence-electron chi connectivity index (χ2n) is 6.26. The molecule has 1 saturated heterocycles. The molecule has 0 saturated carbocycles. The fourth-order valence-corrected chi connectivity index (χ4v) is 3.65. The fourth-order valence-electron chi connectivity index (χ4n) is 2.65. The van der Waals surface area contributed by atoms with E-state index in [4.69, 9.17) is 9.47 Å². The molecule has 9 heteroatoms. The molecule has 3 rings (SSSR count). The van der Waals surface area contributed by atoms with Crippen molar-refractivity contribution >= 4 is 46.1 Å². The van der Waals surface area contributed by atoms with Gasteiger partial charge in [0.15, 0.2) is 5.17 Å². The Kier molecular flexibility index (Phi) is 7.08. The molecule has 1 atom stereocenters. The SMILES string of the molecule is CCOC(=O)c1ccc(NC(=O)[C@H]2CC(=O)NC(=Nc3ccc(OC)cc3)S2)cc1. The van der Waals surface area contributed by atoms with E-state index in [1.54, 1.807) is 62.6 Å². The molecule has 156 valence electrons. The van der Waals surface area contributed by atoms with Gasteiger partial charge in [-0.05, 0) is 55.5 Å². The summed E-state index contributed by atoms with van der Waals surface area (Å²) in [6.07, 6.45) is 0.0407. The van der Waals surface area contributed by atoms with Crippen LogP contribution in [0.3, 0.4) is 0 Å². The summed E-state index contributed by atoms with van der Waals surface area (Å²) >= 11 is 1.18. The van der Waals surface area contributed by atoms with Gasteiger partial charge in [-0.25, -0.2) is 9.79 Å². The minimum atomic E-state index is -0.625. The molecule has 2 aromatic carbocycles. The number of rotatable bonds is 6. The molecule has 8 nitrogen and oxygen atoms in total. The number of anilines is 1. The van der Waals surface area contributed by atoms with Crippen molar-refractivity contribution in [3.8, 4) is 5.75 Å². The summed E-state index contributed by atoms with van der Waals surface area (Å²) in [6, 6.07) is 13.4. The zero-order chi connectivity index (χ0) is 21.5. The Morgan fingerprint density at radius 3 is 2.50 bits per heavy atom. The maximum atomic E-state index is 12.6. The second-order valence-corrected chi connectivity index (χ2v) is 7.45. The molecule has 1 aliphatic rings. The van der Waals surface area contributed by atoms with Crippen LogP contribution in [0.5, 0.6) is 5.75 Å². The summed E-state index contributed by atoms with van der Waals surface area (Å²) in [6.45, 7) is 2.02. The maximum Gasteiger partial charge on any atom is 0.338 e. The van der Waals surface area contributed by atoms with Crippen LogP contribution in [-0.2, 0) is 14.3 Å². The first-order valence-corrected chi connectivity index (χ1v) is 10.1. The number of carbonyl (C=O) groups is 3. The first-order valence-electron chi connectivity index (χ1n) is 9.25. The van der Waals surface area contributed by atoms with E-state index in [0.29, 0.717) is 34.5 Å². The standard InChI is InChI=1S/C21H21N3O5S/c1-3-29-20(27)13-4-6-14(7-5-13)22-19(26)17-12-18(25)24-21(30-17)23-15-8-10-16(28-2)11-9-15/h4-11,17H,3,12H2,1-2H3,(H,22,26)(H,23,24,25)/t17-/m1/s1. The Morgan fingerprint density at radius 1 is 1.17 bits per heavy atom. The molecular formula is C21H21N3O5S. The highest BCUT2D eigenvalue weighted by Gasteiger charge is 2.30. The molecule has 30 heavy (non-hydrogen) atoms. The monoisotopic (exact) mass is 427 g/mol. The van der Waals surface area contributed by atoms with E-state index in [2.05, 4.69) is 15.6 Å². The molecule has 0 aliphatic carbocycles. The molecule has 0 unspecified atom stereocenters. The van der Waals surface area contributed by atoms with E-state index < -0.39 is 11.2 Å². The third-order valence-corrected chi connectivity index (χ3v) is 5.21. The third-order valence-electron chi connectivity index (χ3n) is 4.13. The predicted octanol–water partition coefficient (Wildman–Crippen LogP) is 3.12. The van der Waals surface area contributed by atoms with Crippen molar-refractivity contribution in [3.63, 3.8) is 0 Å². The van der Waals surface area contributed by atoms with Crippen LogP contribution in [0.1, 0.15) is 23.7 Å². The van der Waals surface area contributed by atoms with Gasteiger partial charge in [-0.3, -0.25) is 9.59 Å². The van der Waals surface area contributed by atoms with Crippen LogP contribution in [-0.4, -0.2) is 41.9 Å². The van der Waals surface area contributed by atoms with Gasteiger partial charge in [0.05, 0.1) is 25.0 Å². The van der Waals surface area contributed by atoms with E-state index in [-0.39, 0.29) is 18.2 Å². The summed E-state index contributed by atoms with van der Waals surface area (Å²) in [4.78, 5) is 40.8. The van der Waals surface area contributed by atoms with Crippen LogP contribution < -0.4 is 15.4 Å². The smallest absolute Gasteiger partial charge is 0.338 e. The number of nitrogens with zero attached hydrogens (tertiary/aromatic N) is 1. The van der Waals surface area contributed by atoms with E-state index >= 15 is 0 Å². The van der Waals surface area contributed by atoms with Crippen molar-refractivity contribution in [1.29, 1.82) is 0 Å². The van der Waals surface area contributed by atoms with E-state index in [9.17, 15) is 14.4 Å². The number of esters is 1. The predicted molar refractivity (Wildman–Crippen MR) is 115 cm³/mol. The third kappa shape index (κ3) is 5.60. The Morgan fingerprint density at radius 2 is 1.87 bits per heavy atom. The van der Waals surface area contributed by atoms with Gasteiger partial charge in [0.1, 0.15) is 11.0 Å². The van der Waals surface area contributed by atoms with Crippen LogP contribution in [0.15, 0.2) is 53.5 Å². The van der Waals surface area contributed by atoms with Gasteiger partial charge in [-0.1, -0.05) is 11.8 Å². The van der Waals surface area contributed by atoms with Gasteiger partial charge in [-0.15, -0.1) is 0 Å². The highest BCUT2D eigenvalue weighted by atomic mass is 32.2. The highest BCUT2D eigenvalue weighted by Crippen LogP contribution is 2.26. The second kappa shape index (κ2) is 9.93. The number of thioether (sulfide) groups is 1. The summed E-state index contributed by atoms with van der Waals surface area (Å²) in [5.74, 6) is -0.320. The largest absolute Gasteiger partial charge is 0.497 e. The first kappa shape index (κ1) is 21.4. The van der Waals surface area contributed by atoms with Gasteiger partial charge in [0, 0.05) is 12.1 Å². The highest BCUT2D eigenvalue weighted by molar-refractivity contribution is 8.15. The lowest BCUT2D eigenvalue weighted by molar-refractivity contribution is -0.123. The lowest BCUT2D eigenvalue weighted by Crippen LogP contribution is -2.41. The van der Waals surface area contributed by atoms with Crippen LogP contribution in [0.25, 0.3) is 0 Å². The molecule has 0 radical (unpaired) electrons. The Hall–Kier alpha value is -3.33. The lowest BCUT2D eigenvalue weighted by atomic mass is 10.2. The van der Waals surface area contributed by atoms with Crippen LogP contribution >= 0.6 is 11.8 Å². The molecule has 0 spiro atoms. The summed E-state index contributed by atoms with van der Waals surface area (Å²) in [5.41, 5.74) is 1.55. The topological polar surface area (TPSA) is 106 Å². The average Bonchev–Trinajstić information content (AvgIpc) is 2.74. The number of aliphatic imine (C=N–C) groups is 1. The fraction of sp³-hybridized carbons (Fsp3) is 0.238. The van der Waals surface area contributed by atoms with Crippen molar-refractivity contribution in [3.05, 3.63) is 54.1 Å². The number of methoxy groups -OCH3 is 1. The molecule has 1 aliphatic heterocycles. The van der Waals surface area contributed by atoms with Gasteiger partial charge < -0.3 is 20.1 Å². The number of ether oxygens (including phenoxy) is 2. The lowest BCUT2D eigenvalue weighted by Gasteiger charge is -2.22. The van der Waals surface area contributed by atoms with Crippen molar-refractivity contribution in [1.82, 2.24) is 5.32 Å². The summed E-state index contributed by atoms with van der Waals surface area (Å²) in [5, 5.41) is 5.18. The number of amidine groups is 1. The first-order chi connectivity index (χ1) is 14.5. The normalized spacial score (nSPS) is 17.2. The van der Waals surface area contributed by atoms with Gasteiger partial charge >= 0.3 is 5.97 Å². The number of nitrogens with one attached hydrogen (secondary N) is 2. The zero-order valence-electron chi connectivity index (χ0n) is 16.5. The van der Waals surface area contributed by atoms with E-state index in [1.807, 2.05) is 0 Å². The Bertz CT molecular complexity index is 958. The zero-order valence-corrected chi connectivity index (χ0v) is 17.3. The average molecular weight is 427 g/mol. The molecule has 2 amide bonds. The van der Waals surface area contributed by atoms with Crippen molar-refractivity contribution in [2.24, 2.45) is 4.99 Å². The van der Waals surface area contributed by atoms with Crippen molar-refractivity contribution in [2.75, 3.05) is 19.0 Å². The van der Waals surface area contributed by atoms with Crippen molar-refractivity contribution < 1.29 is 23.9 Å². The van der Waals surface area contributed by atoms with Crippen LogP contribution in [0, 0.1) is 0 Å². The van der Waals surface area contributed by atoms with E-state index in [0.717, 1.165) is 0 Å². The molecule has 0 bridgehead atoms. The number of hydrogen-bond donors (Lipinski definition) is 2. The summed E-state index contributed by atoms with van der Waals surface area (Å²) < 4.78 is 10.0. The molecule has 1 heterocycles. The minimum absolute atomic E-state index is 0.0407. The molecule has 0 aromatic heterocycles. The molecule has 2 N–H and O–H groups in total. The Labute approximate surface area is 178 Å². The number of amides is 2. The Balaban J connectivity index is 1.65. The number of hydrogen-bond acceptors (Lipinski definition) is 7. The molecule has 1 fully saturated rings. The van der Waals surface area contributed by atoms with Gasteiger partial charge in [0.2, 0.25) is 11.8 Å². The molecule has 2 aromatic rings. The summed E-state index contributed by atoms with van der Waals surface area (Å²) in [7, 11) is 1.58. The van der Waals surface area contributed by atoms with Crippen molar-refractivity contribution in [2.45, 2.75) is 18.6 Å². The quantitative estimate of drug-likeness (QED) is 0.686.